The first-order valence-electron chi connectivity index (χ1n) is 7.13. The Morgan fingerprint density at radius 3 is 2.57 bits per heavy atom. The highest BCUT2D eigenvalue weighted by Crippen LogP contribution is 2.17. The Morgan fingerprint density at radius 1 is 1.29 bits per heavy atom. The molecule has 0 saturated carbocycles. The standard InChI is InChI=1S/C16H23NO3S/c1-4-13(2)14(3)17-21(19,20)16-11-6-5-9-15(16)10-7-8-12-18/h5-6,9,11,13-14,17-18H,4,8,12H2,1-3H3. The number of rotatable bonds is 6. The molecule has 0 aliphatic heterocycles. The summed E-state index contributed by atoms with van der Waals surface area (Å²) in [5.74, 6) is 5.82. The molecular weight excluding hydrogens is 286 g/mol. The highest BCUT2D eigenvalue weighted by atomic mass is 32.2. The van der Waals surface area contributed by atoms with Gasteiger partial charge in [0.05, 0.1) is 11.5 Å². The van der Waals surface area contributed by atoms with E-state index in [4.69, 9.17) is 5.11 Å². The van der Waals surface area contributed by atoms with Crippen LogP contribution in [0.4, 0.5) is 0 Å². The summed E-state index contributed by atoms with van der Waals surface area (Å²) in [6, 6.07) is 6.51. The molecule has 0 amide bonds. The predicted molar refractivity (Wildman–Crippen MR) is 84.3 cm³/mol. The maximum atomic E-state index is 12.5. The number of hydrogen-bond donors (Lipinski definition) is 2. The minimum absolute atomic E-state index is 0.0365. The SMILES string of the molecule is CCC(C)C(C)NS(=O)(=O)c1ccccc1C#CCCO. The normalized spacial score (nSPS) is 14.1. The molecule has 2 unspecified atom stereocenters. The topological polar surface area (TPSA) is 66.4 Å². The fourth-order valence-corrected chi connectivity index (χ4v) is 3.31. The van der Waals surface area contributed by atoms with E-state index in [1.54, 1.807) is 24.3 Å². The summed E-state index contributed by atoms with van der Waals surface area (Å²) in [6.45, 7) is 5.88. The van der Waals surface area contributed by atoms with Gasteiger partial charge < -0.3 is 5.11 Å². The number of sulfonamides is 1. The molecule has 1 aromatic rings. The van der Waals surface area contributed by atoms with E-state index in [2.05, 4.69) is 16.6 Å². The van der Waals surface area contributed by atoms with Gasteiger partial charge in [-0.05, 0) is 25.0 Å². The number of aliphatic hydroxyl groups is 1. The molecule has 0 spiro atoms. The van der Waals surface area contributed by atoms with Crippen molar-refractivity contribution in [2.75, 3.05) is 6.61 Å². The summed E-state index contributed by atoms with van der Waals surface area (Å²) in [5.41, 5.74) is 0.454. The van der Waals surface area contributed by atoms with Crippen molar-refractivity contribution in [3.05, 3.63) is 29.8 Å². The zero-order chi connectivity index (χ0) is 15.9. The first-order chi connectivity index (χ1) is 9.92. The molecule has 2 atom stereocenters. The van der Waals surface area contributed by atoms with Gasteiger partial charge in [0.2, 0.25) is 10.0 Å². The second-order valence-electron chi connectivity index (χ2n) is 5.07. The largest absolute Gasteiger partial charge is 0.395 e. The van der Waals surface area contributed by atoms with Gasteiger partial charge in [0.25, 0.3) is 0 Å². The average molecular weight is 309 g/mol. The highest BCUT2D eigenvalue weighted by Gasteiger charge is 2.22. The average Bonchev–Trinajstić information content (AvgIpc) is 2.46. The molecule has 5 heteroatoms. The summed E-state index contributed by atoms with van der Waals surface area (Å²) in [5, 5.41) is 8.75. The van der Waals surface area contributed by atoms with E-state index in [1.807, 2.05) is 20.8 Å². The number of hydrogen-bond acceptors (Lipinski definition) is 3. The second-order valence-corrected chi connectivity index (χ2v) is 6.75. The van der Waals surface area contributed by atoms with E-state index in [0.29, 0.717) is 12.0 Å². The number of benzene rings is 1. The third-order valence-corrected chi connectivity index (χ3v) is 5.09. The van der Waals surface area contributed by atoms with Gasteiger partial charge in [-0.25, -0.2) is 13.1 Å². The van der Waals surface area contributed by atoms with Gasteiger partial charge >= 0.3 is 0 Å². The molecule has 1 rings (SSSR count). The van der Waals surface area contributed by atoms with E-state index >= 15 is 0 Å². The van der Waals surface area contributed by atoms with Crippen molar-refractivity contribution in [3.8, 4) is 11.8 Å². The van der Waals surface area contributed by atoms with Gasteiger partial charge in [-0.3, -0.25) is 0 Å². The molecule has 0 aliphatic carbocycles. The van der Waals surface area contributed by atoms with Crippen LogP contribution in [0, 0.1) is 17.8 Å². The van der Waals surface area contributed by atoms with Crippen LogP contribution in [0.5, 0.6) is 0 Å². The quantitative estimate of drug-likeness (QED) is 0.791. The van der Waals surface area contributed by atoms with Gasteiger partial charge in [0.1, 0.15) is 0 Å². The monoisotopic (exact) mass is 309 g/mol. The summed E-state index contributed by atoms with van der Waals surface area (Å²) >= 11 is 0. The maximum Gasteiger partial charge on any atom is 0.242 e. The van der Waals surface area contributed by atoms with Crippen LogP contribution in [0.15, 0.2) is 29.2 Å². The Kier molecular flexibility index (Phi) is 6.90. The first kappa shape index (κ1) is 17.7. The first-order valence-corrected chi connectivity index (χ1v) is 8.61. The van der Waals surface area contributed by atoms with E-state index in [-0.39, 0.29) is 23.5 Å². The molecular formula is C16H23NO3S. The summed E-state index contributed by atoms with van der Waals surface area (Å²) in [7, 11) is -3.60. The third-order valence-electron chi connectivity index (χ3n) is 3.47. The van der Waals surface area contributed by atoms with Crippen molar-refractivity contribution in [3.63, 3.8) is 0 Å². The van der Waals surface area contributed by atoms with Crippen molar-refractivity contribution in [2.45, 2.75) is 44.6 Å². The lowest BCUT2D eigenvalue weighted by atomic mass is 10.0. The van der Waals surface area contributed by atoms with E-state index < -0.39 is 10.0 Å². The molecule has 4 nitrogen and oxygen atoms in total. The van der Waals surface area contributed by atoms with Crippen molar-refractivity contribution >= 4 is 10.0 Å². The van der Waals surface area contributed by atoms with Gasteiger partial charge in [-0.15, -0.1) is 0 Å². The molecule has 116 valence electrons. The Labute approximate surface area is 127 Å². The van der Waals surface area contributed by atoms with Crippen molar-refractivity contribution in [2.24, 2.45) is 5.92 Å². The van der Waals surface area contributed by atoms with Crippen LogP contribution in [-0.4, -0.2) is 26.2 Å². The van der Waals surface area contributed by atoms with Gasteiger partial charge in [0, 0.05) is 18.0 Å². The molecule has 0 aromatic heterocycles. The summed E-state index contributed by atoms with van der Waals surface area (Å²) in [6.07, 6.45) is 1.23. The molecule has 21 heavy (non-hydrogen) atoms. The molecule has 0 aliphatic rings. The predicted octanol–water partition coefficient (Wildman–Crippen LogP) is 2.13. The van der Waals surface area contributed by atoms with E-state index in [0.717, 1.165) is 6.42 Å². The summed E-state index contributed by atoms with van der Waals surface area (Å²) in [4.78, 5) is 0.186. The zero-order valence-corrected chi connectivity index (χ0v) is 13.6. The van der Waals surface area contributed by atoms with Crippen molar-refractivity contribution < 1.29 is 13.5 Å². The van der Waals surface area contributed by atoms with Crippen LogP contribution in [0.25, 0.3) is 0 Å². The lowest BCUT2D eigenvalue weighted by Gasteiger charge is -2.20. The molecule has 0 heterocycles. The van der Waals surface area contributed by atoms with Crippen LogP contribution in [0.2, 0.25) is 0 Å². The fraction of sp³-hybridized carbons (Fsp3) is 0.500. The van der Waals surface area contributed by atoms with Gasteiger partial charge in [-0.1, -0.05) is 44.2 Å². The lowest BCUT2D eigenvalue weighted by molar-refractivity contribution is 0.305. The molecule has 0 fully saturated rings. The number of nitrogens with one attached hydrogen (secondary N) is 1. The minimum atomic E-state index is -3.60. The Bertz CT molecular complexity index is 614. The van der Waals surface area contributed by atoms with Crippen LogP contribution in [0.3, 0.4) is 0 Å². The Morgan fingerprint density at radius 2 is 1.95 bits per heavy atom. The molecule has 0 saturated heterocycles. The Balaban J connectivity index is 3.07. The summed E-state index contributed by atoms with van der Waals surface area (Å²) < 4.78 is 27.7. The molecule has 1 aromatic carbocycles. The van der Waals surface area contributed by atoms with Crippen LogP contribution >= 0.6 is 0 Å². The third kappa shape index (κ3) is 5.16. The zero-order valence-electron chi connectivity index (χ0n) is 12.8. The maximum absolute atomic E-state index is 12.5. The lowest BCUT2D eigenvalue weighted by Crippen LogP contribution is -2.37. The van der Waals surface area contributed by atoms with Crippen LogP contribution < -0.4 is 4.72 Å². The fourth-order valence-electron chi connectivity index (χ4n) is 1.80. The van der Waals surface area contributed by atoms with Crippen LogP contribution in [0.1, 0.15) is 39.2 Å². The Hall–Kier alpha value is -1.35. The van der Waals surface area contributed by atoms with Crippen molar-refractivity contribution in [1.29, 1.82) is 0 Å². The molecule has 0 radical (unpaired) electrons. The van der Waals surface area contributed by atoms with E-state index in [9.17, 15) is 8.42 Å². The van der Waals surface area contributed by atoms with E-state index in [1.165, 1.54) is 0 Å². The second kappa shape index (κ2) is 8.18. The molecule has 0 bridgehead atoms. The van der Waals surface area contributed by atoms with Crippen LogP contribution in [-0.2, 0) is 10.0 Å². The highest BCUT2D eigenvalue weighted by molar-refractivity contribution is 7.89. The number of aliphatic hydroxyl groups excluding tert-OH is 1. The van der Waals surface area contributed by atoms with Crippen molar-refractivity contribution in [1.82, 2.24) is 4.72 Å². The van der Waals surface area contributed by atoms with Gasteiger partial charge in [-0.2, -0.15) is 0 Å². The molecule has 2 N–H and O–H groups in total. The van der Waals surface area contributed by atoms with Gasteiger partial charge in [0.15, 0.2) is 0 Å². The minimum Gasteiger partial charge on any atom is -0.395 e. The smallest absolute Gasteiger partial charge is 0.242 e.